The highest BCUT2D eigenvalue weighted by atomic mass is 32.2. The van der Waals surface area contributed by atoms with Crippen LogP contribution in [0.25, 0.3) is 0 Å². The molecule has 0 unspecified atom stereocenters. The Bertz CT molecular complexity index is 510. The summed E-state index contributed by atoms with van der Waals surface area (Å²) in [5.74, 6) is 0. The third-order valence-electron chi connectivity index (χ3n) is 4.96. The van der Waals surface area contributed by atoms with Gasteiger partial charge in [0.25, 0.3) is 20.2 Å². The van der Waals surface area contributed by atoms with Gasteiger partial charge in [-0.25, -0.2) is 0 Å². The van der Waals surface area contributed by atoms with E-state index in [4.69, 9.17) is 0 Å². The van der Waals surface area contributed by atoms with E-state index in [0.717, 1.165) is 25.7 Å². The van der Waals surface area contributed by atoms with Gasteiger partial charge in [-0.1, -0.05) is 77.6 Å². The van der Waals surface area contributed by atoms with Crippen molar-refractivity contribution in [3.05, 3.63) is 0 Å². The summed E-state index contributed by atoms with van der Waals surface area (Å²) < 4.78 is 66.5. The first-order chi connectivity index (χ1) is 10.9. The highest BCUT2D eigenvalue weighted by Crippen LogP contribution is 2.39. The van der Waals surface area contributed by atoms with Crippen molar-refractivity contribution >= 4 is 35.4 Å². The maximum absolute atomic E-state index is 11.8. The molecule has 0 radical (unpaired) electrons. The van der Waals surface area contributed by atoms with Crippen LogP contribution in [0.5, 0.6) is 0 Å². The topological polar surface area (TPSA) is 109 Å². The summed E-state index contributed by atoms with van der Waals surface area (Å²) in [5.41, 5.74) is 0. The lowest BCUT2D eigenvalue weighted by Gasteiger charge is -2.47. The van der Waals surface area contributed by atoms with Crippen molar-refractivity contribution in [2.75, 3.05) is 10.8 Å². The fourth-order valence-corrected chi connectivity index (χ4v) is 39.5. The summed E-state index contributed by atoms with van der Waals surface area (Å²) >= 11 is 0. The summed E-state index contributed by atoms with van der Waals surface area (Å²) in [5, 5.41) is -0.521. The summed E-state index contributed by atoms with van der Waals surface area (Å²) in [7, 11) is -13.6. The molecule has 6 nitrogen and oxygen atoms in total. The van der Waals surface area contributed by atoms with Crippen molar-refractivity contribution in [2.45, 2.75) is 77.6 Å². The van der Waals surface area contributed by atoms with Crippen LogP contribution < -0.4 is 0 Å². The molecular weight excluding hydrogens is 384 g/mol. The molecule has 0 spiro atoms. The molecule has 0 rings (SSSR count). The second-order valence-corrected chi connectivity index (χ2v) is 25.1. The Labute approximate surface area is 149 Å². The van der Waals surface area contributed by atoms with Gasteiger partial charge in [-0.15, -0.1) is 0 Å². The highest BCUT2D eigenvalue weighted by molar-refractivity contribution is 7.91. The van der Waals surface area contributed by atoms with Gasteiger partial charge in [-0.2, -0.15) is 16.8 Å². The van der Waals surface area contributed by atoms with E-state index in [1.54, 1.807) is 0 Å². The molecular formula is C14H34O6S2Si2. The molecule has 0 saturated carbocycles. The van der Waals surface area contributed by atoms with Gasteiger partial charge in [0.05, 0.1) is 25.9 Å². The average Bonchev–Trinajstić information content (AvgIpc) is 2.35. The minimum atomic E-state index is -4.18. The van der Waals surface area contributed by atoms with E-state index in [1.165, 1.54) is 0 Å². The van der Waals surface area contributed by atoms with Gasteiger partial charge in [0, 0.05) is 0 Å². The molecule has 0 amide bonds. The summed E-state index contributed by atoms with van der Waals surface area (Å²) in [6.07, 6.45) is 3.09. The molecule has 146 valence electrons. The van der Waals surface area contributed by atoms with Crippen LogP contribution in [0.4, 0.5) is 0 Å². The van der Waals surface area contributed by atoms with Crippen molar-refractivity contribution in [1.82, 2.24) is 0 Å². The molecule has 0 aliphatic rings. The average molecular weight is 419 g/mol. The smallest absolute Gasteiger partial charge is 0.262 e. The number of rotatable bonds is 13. The van der Waals surface area contributed by atoms with Gasteiger partial charge in [-0.3, -0.25) is 9.11 Å². The van der Waals surface area contributed by atoms with Crippen molar-refractivity contribution in [1.29, 1.82) is 0 Å². The molecule has 0 aliphatic carbocycles. The van der Waals surface area contributed by atoms with Crippen LogP contribution >= 0.6 is 0 Å². The standard InChI is InChI=1S/C14H34O6S2Si2/c1-5-9-23(10-6-2,13-21(15,16)17)24(11-7-3,12-8-4)14-22(18,19)20/h5-14H2,1-4H3,(H,15,16,17)(H,18,19,20). The molecule has 0 fully saturated rings. The first-order valence-corrected chi connectivity index (χ1v) is 18.3. The van der Waals surface area contributed by atoms with E-state index in [2.05, 4.69) is 0 Å². The van der Waals surface area contributed by atoms with Gasteiger partial charge in [0.1, 0.15) is 0 Å². The van der Waals surface area contributed by atoms with Gasteiger partial charge >= 0.3 is 0 Å². The van der Waals surface area contributed by atoms with Crippen molar-refractivity contribution in [3.8, 4) is 0 Å². The van der Waals surface area contributed by atoms with Crippen molar-refractivity contribution in [2.24, 2.45) is 0 Å². The molecule has 0 atom stereocenters. The molecule has 0 saturated heterocycles. The summed E-state index contributed by atoms with van der Waals surface area (Å²) in [6, 6.07) is 2.79. The molecule has 2 N–H and O–H groups in total. The SMILES string of the molecule is CCC[Si](CCC)(CS(=O)(=O)O)[Si](CCC)(CCC)CS(=O)(=O)O. The minimum Gasteiger partial charge on any atom is -0.286 e. The van der Waals surface area contributed by atoms with Crippen LogP contribution in [0.1, 0.15) is 53.4 Å². The zero-order chi connectivity index (χ0) is 19.1. The van der Waals surface area contributed by atoms with Crippen LogP contribution in [0, 0.1) is 0 Å². The largest absolute Gasteiger partial charge is 0.286 e. The van der Waals surface area contributed by atoms with Crippen LogP contribution in [-0.2, 0) is 20.2 Å². The van der Waals surface area contributed by atoms with Gasteiger partial charge < -0.3 is 0 Å². The van der Waals surface area contributed by atoms with Crippen LogP contribution in [0.3, 0.4) is 0 Å². The molecule has 0 aliphatic heterocycles. The second-order valence-electron chi connectivity index (χ2n) is 7.01. The van der Waals surface area contributed by atoms with E-state index in [0.29, 0.717) is 24.2 Å². The first-order valence-electron chi connectivity index (χ1n) is 8.81. The zero-order valence-electron chi connectivity index (χ0n) is 15.4. The molecule has 0 aromatic heterocycles. The van der Waals surface area contributed by atoms with Gasteiger partial charge in [0.15, 0.2) is 0 Å². The van der Waals surface area contributed by atoms with Crippen LogP contribution in [0.2, 0.25) is 24.2 Å². The lowest BCUT2D eigenvalue weighted by molar-refractivity contribution is 0.484. The van der Waals surface area contributed by atoms with E-state index >= 15 is 0 Å². The van der Waals surface area contributed by atoms with Crippen LogP contribution in [-0.4, -0.2) is 51.9 Å². The van der Waals surface area contributed by atoms with Crippen LogP contribution in [0.15, 0.2) is 0 Å². The van der Waals surface area contributed by atoms with E-state index < -0.39 is 35.4 Å². The zero-order valence-corrected chi connectivity index (χ0v) is 19.0. The Morgan fingerprint density at radius 1 is 0.583 bits per heavy atom. The number of hydrogen-bond donors (Lipinski definition) is 2. The normalized spacial score (nSPS) is 14.1. The molecule has 0 aromatic rings. The fourth-order valence-electron chi connectivity index (χ4n) is 4.52. The summed E-state index contributed by atoms with van der Waals surface area (Å²) in [4.78, 5) is 0. The Morgan fingerprint density at radius 2 is 0.792 bits per heavy atom. The second kappa shape index (κ2) is 9.81. The van der Waals surface area contributed by atoms with E-state index in [1.807, 2.05) is 27.7 Å². The minimum absolute atomic E-state index is 0.260. The lowest BCUT2D eigenvalue weighted by atomic mass is 10.6. The van der Waals surface area contributed by atoms with E-state index in [-0.39, 0.29) is 10.8 Å². The Balaban J connectivity index is 6.47. The van der Waals surface area contributed by atoms with Crippen molar-refractivity contribution in [3.63, 3.8) is 0 Å². The number of hydrogen-bond acceptors (Lipinski definition) is 4. The highest BCUT2D eigenvalue weighted by Gasteiger charge is 2.55. The molecule has 10 heteroatoms. The summed E-state index contributed by atoms with van der Waals surface area (Å²) in [6.45, 7) is 7.91. The van der Waals surface area contributed by atoms with E-state index in [9.17, 15) is 25.9 Å². The Kier molecular flexibility index (Phi) is 9.92. The molecule has 0 bridgehead atoms. The van der Waals surface area contributed by atoms with Gasteiger partial charge in [-0.05, 0) is 0 Å². The molecule has 0 aromatic carbocycles. The molecule has 0 heterocycles. The predicted molar refractivity (Wildman–Crippen MR) is 105 cm³/mol. The Hall–Kier alpha value is 0.254. The Morgan fingerprint density at radius 3 is 0.917 bits per heavy atom. The van der Waals surface area contributed by atoms with Crippen molar-refractivity contribution < 1.29 is 25.9 Å². The predicted octanol–water partition coefficient (Wildman–Crippen LogP) is 3.46. The van der Waals surface area contributed by atoms with Gasteiger partial charge in [0.2, 0.25) is 0 Å². The molecule has 24 heavy (non-hydrogen) atoms. The lowest BCUT2D eigenvalue weighted by Crippen LogP contribution is -2.69. The maximum Gasteiger partial charge on any atom is 0.262 e. The third kappa shape index (κ3) is 7.24. The quantitative estimate of drug-likeness (QED) is 0.350. The third-order valence-corrected chi connectivity index (χ3v) is 32.7. The monoisotopic (exact) mass is 418 g/mol. The maximum atomic E-state index is 11.8. The fraction of sp³-hybridized carbons (Fsp3) is 1.00. The first kappa shape index (κ1) is 24.3.